The van der Waals surface area contributed by atoms with Gasteiger partial charge >= 0.3 is 6.03 Å². The normalized spacial score (nSPS) is 16.6. The summed E-state index contributed by atoms with van der Waals surface area (Å²) in [5, 5.41) is 15.0. The van der Waals surface area contributed by atoms with Crippen molar-refractivity contribution in [1.29, 1.82) is 0 Å². The van der Waals surface area contributed by atoms with Gasteiger partial charge in [-0.05, 0) is 56.8 Å². The zero-order valence-corrected chi connectivity index (χ0v) is 24.9. The van der Waals surface area contributed by atoms with Crippen molar-refractivity contribution < 1.29 is 9.53 Å². The topological polar surface area (TPSA) is 117 Å². The molecular weight excluding hydrogens is 544 g/mol. The van der Waals surface area contributed by atoms with Crippen LogP contribution in [0, 0.1) is 0 Å². The summed E-state index contributed by atoms with van der Waals surface area (Å²) in [6.45, 7) is 7.06. The Bertz CT molecular complexity index is 1490. The zero-order valence-electron chi connectivity index (χ0n) is 24.9. The third-order valence-corrected chi connectivity index (χ3v) is 8.01. The maximum absolute atomic E-state index is 12.3. The number of aromatic nitrogens is 5. The molecule has 0 saturated carbocycles. The smallest absolute Gasteiger partial charge is 0.319 e. The van der Waals surface area contributed by atoms with Crippen molar-refractivity contribution in [3.8, 4) is 11.4 Å². The summed E-state index contributed by atoms with van der Waals surface area (Å²) >= 11 is 0. The van der Waals surface area contributed by atoms with E-state index in [4.69, 9.17) is 14.7 Å². The molecule has 2 saturated heterocycles. The largest absolute Gasteiger partial charge is 0.378 e. The van der Waals surface area contributed by atoms with Crippen molar-refractivity contribution in [2.45, 2.75) is 25.4 Å². The van der Waals surface area contributed by atoms with E-state index in [1.54, 1.807) is 0 Å². The predicted octanol–water partition coefficient (Wildman–Crippen LogP) is 3.25. The number of likely N-dealkylation sites (tertiary alicyclic amines) is 1. The summed E-state index contributed by atoms with van der Waals surface area (Å²) < 4.78 is 7.62. The van der Waals surface area contributed by atoms with E-state index in [0.717, 1.165) is 74.7 Å². The molecule has 12 nitrogen and oxygen atoms in total. The van der Waals surface area contributed by atoms with Crippen LogP contribution in [0.3, 0.4) is 0 Å². The van der Waals surface area contributed by atoms with Crippen LogP contribution in [0.4, 0.5) is 16.3 Å². The Balaban J connectivity index is 1.22. The number of urea groups is 1. The number of hydrogen-bond donors (Lipinski definition) is 2. The van der Waals surface area contributed by atoms with Crippen molar-refractivity contribution in [2.75, 3.05) is 76.8 Å². The van der Waals surface area contributed by atoms with Crippen LogP contribution in [0.2, 0.25) is 0 Å². The van der Waals surface area contributed by atoms with Crippen LogP contribution in [0.5, 0.6) is 0 Å². The van der Waals surface area contributed by atoms with Crippen LogP contribution >= 0.6 is 0 Å². The molecule has 2 aliphatic rings. The minimum Gasteiger partial charge on any atom is -0.378 e. The van der Waals surface area contributed by atoms with E-state index in [2.05, 4.69) is 61.1 Å². The number of anilines is 2. The van der Waals surface area contributed by atoms with E-state index >= 15 is 0 Å². The second kappa shape index (κ2) is 13.4. The molecule has 43 heavy (non-hydrogen) atoms. The Morgan fingerprint density at radius 2 is 1.72 bits per heavy atom. The van der Waals surface area contributed by atoms with Crippen molar-refractivity contribution in [3.63, 3.8) is 0 Å². The number of fused-ring (bicyclic) bond motifs is 1. The number of nitrogens with one attached hydrogen (secondary N) is 2. The molecule has 2 aromatic carbocycles. The lowest BCUT2D eigenvalue weighted by Crippen LogP contribution is -2.37. The van der Waals surface area contributed by atoms with Gasteiger partial charge in [0.2, 0.25) is 0 Å². The van der Waals surface area contributed by atoms with Crippen LogP contribution in [-0.4, -0.2) is 107 Å². The van der Waals surface area contributed by atoms with E-state index < -0.39 is 0 Å². The Hall–Kier alpha value is -4.13. The first-order chi connectivity index (χ1) is 21.0. The Morgan fingerprint density at radius 1 is 0.977 bits per heavy atom. The molecule has 2 amide bonds. The molecule has 2 fully saturated rings. The summed E-state index contributed by atoms with van der Waals surface area (Å²) in [5.74, 6) is 1.40. The average Bonchev–Trinajstić information content (AvgIpc) is 3.46. The maximum atomic E-state index is 12.3. The number of amides is 2. The summed E-state index contributed by atoms with van der Waals surface area (Å²) in [6, 6.07) is 18.3. The van der Waals surface area contributed by atoms with E-state index in [0.29, 0.717) is 31.3 Å². The number of rotatable bonds is 9. The van der Waals surface area contributed by atoms with Gasteiger partial charge in [0.25, 0.3) is 0 Å². The lowest BCUT2D eigenvalue weighted by molar-refractivity contribution is 0.122. The molecule has 0 bridgehead atoms. The second-order valence-electron chi connectivity index (χ2n) is 11.4. The summed E-state index contributed by atoms with van der Waals surface area (Å²) in [6.07, 6.45) is 1.96. The highest BCUT2D eigenvalue weighted by molar-refractivity contribution is 5.89. The number of carbonyl (C=O) groups excluding carboxylic acids is 1. The molecule has 0 radical (unpaired) electrons. The number of ether oxygens (including phenoxy) is 1. The van der Waals surface area contributed by atoms with Gasteiger partial charge in [-0.25, -0.2) is 19.4 Å². The standard InChI is InChI=1S/C31H40N10O2/c1-38(2)17-14-32-31(42)33-25-10-8-24(9-11-25)28-34-29(40-18-20-43-21-19-40)27-30(35-28)41(37-36-27)26-12-15-39(16-13-26)22-23-6-4-3-5-7-23/h3-11,26H,12-22H2,1-2H3,(H2,32,33,42). The minimum atomic E-state index is -0.230. The fraction of sp³-hybridized carbons (Fsp3) is 0.452. The van der Waals surface area contributed by atoms with E-state index in [9.17, 15) is 4.79 Å². The van der Waals surface area contributed by atoms with Gasteiger partial charge in [-0.1, -0.05) is 35.5 Å². The van der Waals surface area contributed by atoms with Crippen molar-refractivity contribution in [2.24, 2.45) is 0 Å². The summed E-state index contributed by atoms with van der Waals surface area (Å²) in [4.78, 5) is 29.0. The molecule has 0 aliphatic carbocycles. The lowest BCUT2D eigenvalue weighted by Gasteiger charge is -2.32. The van der Waals surface area contributed by atoms with Crippen molar-refractivity contribution in [3.05, 3.63) is 60.2 Å². The first-order valence-corrected chi connectivity index (χ1v) is 15.1. The van der Waals surface area contributed by atoms with Crippen LogP contribution in [0.25, 0.3) is 22.6 Å². The summed E-state index contributed by atoms with van der Waals surface area (Å²) in [7, 11) is 3.95. The van der Waals surface area contributed by atoms with Gasteiger partial charge in [-0.15, -0.1) is 5.10 Å². The molecule has 2 N–H and O–H groups in total. The zero-order chi connectivity index (χ0) is 29.6. The first kappa shape index (κ1) is 29.0. The predicted molar refractivity (Wildman–Crippen MR) is 167 cm³/mol. The van der Waals surface area contributed by atoms with Crippen LogP contribution in [0.15, 0.2) is 54.6 Å². The van der Waals surface area contributed by atoms with E-state index in [1.807, 2.05) is 47.9 Å². The third-order valence-electron chi connectivity index (χ3n) is 8.01. The highest BCUT2D eigenvalue weighted by Gasteiger charge is 2.27. The molecule has 4 aromatic rings. The van der Waals surface area contributed by atoms with Gasteiger partial charge in [0, 0.05) is 57.1 Å². The highest BCUT2D eigenvalue weighted by atomic mass is 16.5. The number of hydrogen-bond acceptors (Lipinski definition) is 9. The second-order valence-corrected chi connectivity index (χ2v) is 11.4. The van der Waals surface area contributed by atoms with E-state index in [-0.39, 0.29) is 12.1 Å². The number of nitrogens with zero attached hydrogens (tertiary/aromatic N) is 8. The quantitative estimate of drug-likeness (QED) is 0.306. The van der Waals surface area contributed by atoms with E-state index in [1.165, 1.54) is 5.56 Å². The van der Waals surface area contributed by atoms with Gasteiger partial charge in [-0.2, -0.15) is 0 Å². The number of benzene rings is 2. The number of morpholine rings is 1. The molecule has 0 spiro atoms. The monoisotopic (exact) mass is 584 g/mol. The molecule has 6 rings (SSSR count). The molecule has 0 atom stereocenters. The Labute approximate surface area is 252 Å². The first-order valence-electron chi connectivity index (χ1n) is 15.1. The van der Waals surface area contributed by atoms with Crippen LogP contribution < -0.4 is 15.5 Å². The SMILES string of the molecule is CN(C)CCNC(=O)Nc1ccc(-c2nc(N3CCOCC3)c3nnn(C4CCN(Cc5ccccc5)CC4)c3n2)cc1. The third kappa shape index (κ3) is 7.10. The molecule has 0 unspecified atom stereocenters. The fourth-order valence-electron chi connectivity index (χ4n) is 5.62. The Kier molecular flexibility index (Phi) is 9.06. The molecule has 2 aliphatic heterocycles. The number of carbonyl (C=O) groups is 1. The molecule has 12 heteroatoms. The van der Waals surface area contributed by atoms with Gasteiger partial charge < -0.3 is 25.2 Å². The molecule has 226 valence electrons. The number of likely N-dealkylation sites (N-methyl/N-ethyl adjacent to an activating group) is 1. The highest BCUT2D eigenvalue weighted by Crippen LogP contribution is 2.31. The van der Waals surface area contributed by atoms with Crippen molar-refractivity contribution >= 4 is 28.7 Å². The fourth-order valence-corrected chi connectivity index (χ4v) is 5.62. The van der Waals surface area contributed by atoms with Crippen LogP contribution in [-0.2, 0) is 11.3 Å². The molecule has 4 heterocycles. The van der Waals surface area contributed by atoms with Gasteiger partial charge in [0.1, 0.15) is 0 Å². The Morgan fingerprint density at radius 3 is 2.44 bits per heavy atom. The lowest BCUT2D eigenvalue weighted by atomic mass is 10.0. The number of piperidine rings is 1. The van der Waals surface area contributed by atoms with Crippen LogP contribution in [0.1, 0.15) is 24.4 Å². The molecular formula is C31H40N10O2. The average molecular weight is 585 g/mol. The van der Waals surface area contributed by atoms with Gasteiger partial charge in [0.15, 0.2) is 22.8 Å². The summed E-state index contributed by atoms with van der Waals surface area (Å²) in [5.41, 5.74) is 4.39. The molecule has 2 aromatic heterocycles. The minimum absolute atomic E-state index is 0.217. The van der Waals surface area contributed by atoms with Gasteiger partial charge in [0.05, 0.1) is 19.3 Å². The van der Waals surface area contributed by atoms with Crippen molar-refractivity contribution in [1.82, 2.24) is 40.1 Å². The van der Waals surface area contributed by atoms with Gasteiger partial charge in [-0.3, -0.25) is 4.90 Å². The maximum Gasteiger partial charge on any atom is 0.319 e.